The summed E-state index contributed by atoms with van der Waals surface area (Å²) < 4.78 is 0. The van der Waals surface area contributed by atoms with Crippen LogP contribution in [0.3, 0.4) is 0 Å². The van der Waals surface area contributed by atoms with Crippen molar-refractivity contribution in [3.8, 4) is 0 Å². The average Bonchev–Trinajstić information content (AvgIpc) is 2.32. The molecule has 0 radical (unpaired) electrons. The Morgan fingerprint density at radius 3 is 2.84 bits per heavy atom. The second-order valence-electron chi connectivity index (χ2n) is 5.03. The molecule has 5 heteroatoms. The lowest BCUT2D eigenvalue weighted by molar-refractivity contribution is -0.114. The summed E-state index contributed by atoms with van der Waals surface area (Å²) in [6, 6.07) is 5.54. The fraction of sp³-hybridized carbons (Fsp3) is 0.429. The van der Waals surface area contributed by atoms with E-state index in [0.717, 1.165) is 22.8 Å². The highest BCUT2D eigenvalue weighted by atomic mass is 32.2. The number of fused-ring (bicyclic) bond motifs is 1. The van der Waals surface area contributed by atoms with Gasteiger partial charge in [-0.3, -0.25) is 9.59 Å². The molecule has 0 saturated heterocycles. The van der Waals surface area contributed by atoms with Gasteiger partial charge in [0.1, 0.15) is 0 Å². The van der Waals surface area contributed by atoms with Gasteiger partial charge in [-0.1, -0.05) is 0 Å². The molecule has 19 heavy (non-hydrogen) atoms. The molecule has 0 bridgehead atoms. The van der Waals surface area contributed by atoms with Crippen LogP contribution in [0.25, 0.3) is 0 Å². The first-order valence-corrected chi connectivity index (χ1v) is 7.19. The van der Waals surface area contributed by atoms with Gasteiger partial charge in [-0.25, -0.2) is 0 Å². The Kier molecular flexibility index (Phi) is 4.27. The normalized spacial score (nSPS) is 18.3. The predicted octanol–water partition coefficient (Wildman–Crippen LogP) is 2.11. The van der Waals surface area contributed by atoms with Crippen molar-refractivity contribution in [2.75, 3.05) is 31.7 Å². The molecule has 1 amide bonds. The summed E-state index contributed by atoms with van der Waals surface area (Å²) in [5.74, 6) is 0.902. The Balaban J connectivity index is 2.25. The standard InChI is InChI=1S/C14H18N2O2S/c1-9(17)15-11-4-5-13-12(6-11)14(18)10(8-19-13)7-16(2)3/h4-6,10H,7-8H2,1-3H3,(H,15,17). The van der Waals surface area contributed by atoms with Gasteiger partial charge in [-0.05, 0) is 32.3 Å². The minimum Gasteiger partial charge on any atom is -0.326 e. The molecule has 1 aromatic carbocycles. The van der Waals surface area contributed by atoms with Gasteiger partial charge >= 0.3 is 0 Å². The van der Waals surface area contributed by atoms with Gasteiger partial charge in [0.05, 0.1) is 0 Å². The Labute approximate surface area is 117 Å². The monoisotopic (exact) mass is 278 g/mol. The van der Waals surface area contributed by atoms with E-state index in [1.54, 1.807) is 17.8 Å². The van der Waals surface area contributed by atoms with E-state index in [-0.39, 0.29) is 17.6 Å². The van der Waals surface area contributed by atoms with Crippen molar-refractivity contribution in [2.24, 2.45) is 5.92 Å². The van der Waals surface area contributed by atoms with Crippen LogP contribution in [0.1, 0.15) is 17.3 Å². The number of benzene rings is 1. The molecular formula is C14H18N2O2S. The number of Topliss-reactive ketones (excluding diaryl/α,β-unsaturated/α-hetero) is 1. The fourth-order valence-corrected chi connectivity index (χ4v) is 3.31. The van der Waals surface area contributed by atoms with E-state index in [2.05, 4.69) is 5.32 Å². The molecular weight excluding hydrogens is 260 g/mol. The number of carbonyl (C=O) groups excluding carboxylic acids is 2. The number of ketones is 1. The molecule has 0 aliphatic carbocycles. The maximum Gasteiger partial charge on any atom is 0.221 e. The van der Waals surface area contributed by atoms with Gasteiger partial charge < -0.3 is 10.2 Å². The molecule has 0 spiro atoms. The number of hydrogen-bond donors (Lipinski definition) is 1. The molecule has 2 rings (SSSR count). The first-order valence-electron chi connectivity index (χ1n) is 6.20. The zero-order valence-corrected chi connectivity index (χ0v) is 12.2. The summed E-state index contributed by atoms with van der Waals surface area (Å²) in [7, 11) is 3.95. The highest BCUT2D eigenvalue weighted by Gasteiger charge is 2.28. The van der Waals surface area contributed by atoms with Crippen LogP contribution in [0.4, 0.5) is 5.69 Å². The number of amides is 1. The zero-order valence-electron chi connectivity index (χ0n) is 11.4. The summed E-state index contributed by atoms with van der Waals surface area (Å²) in [6.07, 6.45) is 0. The van der Waals surface area contributed by atoms with Crippen molar-refractivity contribution in [2.45, 2.75) is 11.8 Å². The van der Waals surface area contributed by atoms with Crippen LogP contribution in [0.5, 0.6) is 0 Å². The van der Waals surface area contributed by atoms with Crippen molar-refractivity contribution in [3.63, 3.8) is 0 Å². The van der Waals surface area contributed by atoms with Crippen molar-refractivity contribution < 1.29 is 9.59 Å². The van der Waals surface area contributed by atoms with Gasteiger partial charge in [0.2, 0.25) is 5.91 Å². The van der Waals surface area contributed by atoms with Crippen LogP contribution in [-0.2, 0) is 4.79 Å². The van der Waals surface area contributed by atoms with Crippen LogP contribution < -0.4 is 5.32 Å². The topological polar surface area (TPSA) is 49.4 Å². The van der Waals surface area contributed by atoms with Crippen molar-refractivity contribution in [3.05, 3.63) is 23.8 Å². The first kappa shape index (κ1) is 14.1. The highest BCUT2D eigenvalue weighted by molar-refractivity contribution is 7.99. The van der Waals surface area contributed by atoms with Crippen molar-refractivity contribution in [1.82, 2.24) is 4.90 Å². The lowest BCUT2D eigenvalue weighted by atomic mass is 9.97. The molecule has 1 aliphatic rings. The molecule has 0 fully saturated rings. The van der Waals surface area contributed by atoms with E-state index >= 15 is 0 Å². The molecule has 1 heterocycles. The van der Waals surface area contributed by atoms with Gasteiger partial charge in [0.15, 0.2) is 5.78 Å². The maximum absolute atomic E-state index is 12.4. The number of nitrogens with zero attached hydrogens (tertiary/aromatic N) is 1. The summed E-state index contributed by atoms with van der Waals surface area (Å²) >= 11 is 1.71. The van der Waals surface area contributed by atoms with Gasteiger partial charge in [-0.2, -0.15) is 0 Å². The Hall–Kier alpha value is -1.33. The van der Waals surface area contributed by atoms with Crippen LogP contribution in [0, 0.1) is 5.92 Å². The lowest BCUT2D eigenvalue weighted by Crippen LogP contribution is -2.32. The van der Waals surface area contributed by atoms with Gasteiger partial charge in [-0.15, -0.1) is 11.8 Å². The van der Waals surface area contributed by atoms with Gasteiger partial charge in [0.25, 0.3) is 0 Å². The summed E-state index contributed by atoms with van der Waals surface area (Å²) in [5, 5.41) is 2.72. The minimum atomic E-state index is -0.124. The quantitative estimate of drug-likeness (QED) is 0.920. The third-order valence-corrected chi connectivity index (χ3v) is 4.20. The summed E-state index contributed by atoms with van der Waals surface area (Å²) in [6.45, 7) is 2.22. The zero-order chi connectivity index (χ0) is 14.0. The Bertz CT molecular complexity index is 514. The van der Waals surface area contributed by atoms with Crippen LogP contribution in [0.2, 0.25) is 0 Å². The van der Waals surface area contributed by atoms with E-state index in [1.807, 2.05) is 31.1 Å². The number of hydrogen-bond acceptors (Lipinski definition) is 4. The van der Waals surface area contributed by atoms with E-state index in [1.165, 1.54) is 6.92 Å². The summed E-state index contributed by atoms with van der Waals surface area (Å²) in [4.78, 5) is 26.5. The predicted molar refractivity (Wildman–Crippen MR) is 77.8 cm³/mol. The second-order valence-corrected chi connectivity index (χ2v) is 6.09. The van der Waals surface area contributed by atoms with Crippen LogP contribution >= 0.6 is 11.8 Å². The number of nitrogens with one attached hydrogen (secondary N) is 1. The molecule has 1 N–H and O–H groups in total. The number of rotatable bonds is 3. The molecule has 1 atom stereocenters. The Morgan fingerprint density at radius 1 is 1.47 bits per heavy atom. The Morgan fingerprint density at radius 2 is 2.21 bits per heavy atom. The fourth-order valence-electron chi connectivity index (χ4n) is 2.19. The van der Waals surface area contributed by atoms with Crippen LogP contribution in [-0.4, -0.2) is 43.0 Å². The smallest absolute Gasteiger partial charge is 0.221 e. The first-order chi connectivity index (χ1) is 8.97. The van der Waals surface area contributed by atoms with E-state index in [4.69, 9.17) is 0 Å². The maximum atomic E-state index is 12.4. The van der Waals surface area contributed by atoms with E-state index < -0.39 is 0 Å². The largest absolute Gasteiger partial charge is 0.326 e. The highest BCUT2D eigenvalue weighted by Crippen LogP contribution is 2.34. The van der Waals surface area contributed by atoms with E-state index in [9.17, 15) is 9.59 Å². The molecule has 0 aromatic heterocycles. The molecule has 1 unspecified atom stereocenters. The second kappa shape index (κ2) is 5.75. The molecule has 102 valence electrons. The molecule has 1 aromatic rings. The lowest BCUT2D eigenvalue weighted by Gasteiger charge is -2.25. The van der Waals surface area contributed by atoms with Crippen molar-refractivity contribution in [1.29, 1.82) is 0 Å². The minimum absolute atomic E-state index is 0.0279. The third kappa shape index (κ3) is 3.36. The molecule has 1 aliphatic heterocycles. The van der Waals surface area contributed by atoms with Crippen LogP contribution in [0.15, 0.2) is 23.1 Å². The van der Waals surface area contributed by atoms with Gasteiger partial charge in [0, 0.05) is 41.3 Å². The van der Waals surface area contributed by atoms with Crippen molar-refractivity contribution >= 4 is 29.1 Å². The van der Waals surface area contributed by atoms with E-state index in [0.29, 0.717) is 5.69 Å². The third-order valence-electron chi connectivity index (χ3n) is 2.96. The average molecular weight is 278 g/mol. The number of anilines is 1. The number of carbonyl (C=O) groups is 2. The molecule has 0 saturated carbocycles. The summed E-state index contributed by atoms with van der Waals surface area (Å²) in [5.41, 5.74) is 1.42. The SMILES string of the molecule is CC(=O)Nc1ccc2c(c1)C(=O)C(CN(C)C)CS2. The molecule has 4 nitrogen and oxygen atoms in total. The number of thioether (sulfide) groups is 1.